The SMILES string of the molecule is Nc1ccc(-c2nn3c(=O)c(-c4ccccc4)nnc3s2)cc1. The summed E-state index contributed by atoms with van der Waals surface area (Å²) in [6.07, 6.45) is 0. The van der Waals surface area contributed by atoms with E-state index in [0.29, 0.717) is 15.7 Å². The summed E-state index contributed by atoms with van der Waals surface area (Å²) in [5.41, 5.74) is 7.99. The highest BCUT2D eigenvalue weighted by molar-refractivity contribution is 7.19. The van der Waals surface area contributed by atoms with Gasteiger partial charge < -0.3 is 5.73 Å². The highest BCUT2D eigenvalue weighted by Gasteiger charge is 2.14. The molecule has 0 bridgehead atoms. The minimum absolute atomic E-state index is 0.279. The van der Waals surface area contributed by atoms with Crippen molar-refractivity contribution in [2.24, 2.45) is 0 Å². The van der Waals surface area contributed by atoms with Crippen molar-refractivity contribution >= 4 is 22.0 Å². The standard InChI is InChI=1S/C16H11N5OS/c17-12-8-6-11(7-9-12)14-20-21-15(22)13(18-19-16(21)23-14)10-4-2-1-3-5-10/h1-9H,17H2. The van der Waals surface area contributed by atoms with Crippen molar-refractivity contribution in [3.8, 4) is 21.8 Å². The molecule has 0 aliphatic rings. The topological polar surface area (TPSA) is 86.2 Å². The summed E-state index contributed by atoms with van der Waals surface area (Å²) in [6.45, 7) is 0. The third kappa shape index (κ3) is 2.36. The molecule has 0 unspecified atom stereocenters. The van der Waals surface area contributed by atoms with E-state index in [9.17, 15) is 4.79 Å². The molecule has 0 aliphatic carbocycles. The molecule has 2 aromatic carbocycles. The summed E-state index contributed by atoms with van der Waals surface area (Å²) in [5, 5.41) is 13.3. The normalized spacial score (nSPS) is 11.0. The largest absolute Gasteiger partial charge is 0.399 e. The number of anilines is 1. The average Bonchev–Trinajstić information content (AvgIpc) is 3.02. The van der Waals surface area contributed by atoms with Crippen LogP contribution in [-0.4, -0.2) is 19.8 Å². The molecule has 0 fully saturated rings. The van der Waals surface area contributed by atoms with Gasteiger partial charge in [-0.3, -0.25) is 4.79 Å². The lowest BCUT2D eigenvalue weighted by molar-refractivity contribution is 0.862. The number of nitrogens with two attached hydrogens (primary N) is 1. The van der Waals surface area contributed by atoms with Crippen molar-refractivity contribution in [1.29, 1.82) is 0 Å². The van der Waals surface area contributed by atoms with Crippen LogP contribution in [0.4, 0.5) is 5.69 Å². The Morgan fingerprint density at radius 2 is 1.65 bits per heavy atom. The van der Waals surface area contributed by atoms with Crippen molar-refractivity contribution in [3.05, 3.63) is 65.0 Å². The Balaban J connectivity index is 1.88. The minimum Gasteiger partial charge on any atom is -0.399 e. The molecule has 0 saturated carbocycles. The average molecular weight is 321 g/mol. The molecule has 0 saturated heterocycles. The molecule has 0 radical (unpaired) electrons. The molecular formula is C16H11N5OS. The van der Waals surface area contributed by atoms with E-state index in [0.717, 1.165) is 11.1 Å². The first kappa shape index (κ1) is 13.6. The molecule has 112 valence electrons. The molecule has 0 atom stereocenters. The smallest absolute Gasteiger partial charge is 0.302 e. The van der Waals surface area contributed by atoms with Crippen molar-refractivity contribution in [2.45, 2.75) is 0 Å². The Morgan fingerprint density at radius 3 is 2.39 bits per heavy atom. The van der Waals surface area contributed by atoms with E-state index in [-0.39, 0.29) is 11.3 Å². The molecular weight excluding hydrogens is 310 g/mol. The first-order valence-corrected chi connectivity index (χ1v) is 7.72. The zero-order valence-electron chi connectivity index (χ0n) is 11.9. The van der Waals surface area contributed by atoms with Crippen LogP contribution in [0.25, 0.3) is 26.8 Å². The van der Waals surface area contributed by atoms with Crippen molar-refractivity contribution in [2.75, 3.05) is 5.73 Å². The minimum atomic E-state index is -0.279. The fourth-order valence-electron chi connectivity index (χ4n) is 2.23. The van der Waals surface area contributed by atoms with E-state index < -0.39 is 0 Å². The van der Waals surface area contributed by atoms with Crippen LogP contribution in [0.15, 0.2) is 59.4 Å². The van der Waals surface area contributed by atoms with Gasteiger partial charge in [-0.25, -0.2) is 0 Å². The number of rotatable bonds is 2. The van der Waals surface area contributed by atoms with Gasteiger partial charge in [-0.1, -0.05) is 41.7 Å². The molecule has 2 aromatic heterocycles. The predicted molar refractivity (Wildman–Crippen MR) is 90.2 cm³/mol. The number of fused-ring (bicyclic) bond motifs is 1. The molecule has 2 N–H and O–H groups in total. The molecule has 7 heteroatoms. The monoisotopic (exact) mass is 321 g/mol. The number of aromatic nitrogens is 4. The van der Waals surface area contributed by atoms with Gasteiger partial charge in [0.25, 0.3) is 0 Å². The quantitative estimate of drug-likeness (QED) is 0.573. The maximum absolute atomic E-state index is 12.6. The lowest BCUT2D eigenvalue weighted by Gasteiger charge is -1.98. The Labute approximate surface area is 134 Å². The number of hydrogen-bond donors (Lipinski definition) is 1. The number of nitrogen functional groups attached to an aromatic ring is 1. The van der Waals surface area contributed by atoms with Gasteiger partial charge in [-0.2, -0.15) is 9.61 Å². The van der Waals surface area contributed by atoms with E-state index in [4.69, 9.17) is 5.73 Å². The third-order valence-corrected chi connectivity index (χ3v) is 4.34. The summed E-state index contributed by atoms with van der Waals surface area (Å²) >= 11 is 1.31. The van der Waals surface area contributed by atoms with E-state index in [1.54, 1.807) is 12.1 Å². The highest BCUT2D eigenvalue weighted by atomic mass is 32.1. The van der Waals surface area contributed by atoms with Gasteiger partial charge in [0.1, 0.15) is 5.01 Å². The maximum Gasteiger partial charge on any atom is 0.302 e. The van der Waals surface area contributed by atoms with Crippen LogP contribution in [0.3, 0.4) is 0 Å². The lowest BCUT2D eigenvalue weighted by atomic mass is 10.2. The second-order valence-electron chi connectivity index (χ2n) is 4.94. The second-order valence-corrected chi connectivity index (χ2v) is 5.90. The van der Waals surface area contributed by atoms with Crippen LogP contribution in [-0.2, 0) is 0 Å². The van der Waals surface area contributed by atoms with Crippen LogP contribution in [0.5, 0.6) is 0 Å². The summed E-state index contributed by atoms with van der Waals surface area (Å²) < 4.78 is 1.30. The van der Waals surface area contributed by atoms with Crippen molar-refractivity contribution in [1.82, 2.24) is 19.8 Å². The predicted octanol–water partition coefficient (Wildman–Crippen LogP) is 2.46. The maximum atomic E-state index is 12.6. The van der Waals surface area contributed by atoms with Crippen LogP contribution in [0.2, 0.25) is 0 Å². The number of benzene rings is 2. The zero-order chi connectivity index (χ0) is 15.8. The Bertz CT molecular complexity index is 1040. The molecule has 0 amide bonds. The molecule has 4 aromatic rings. The molecule has 0 spiro atoms. The van der Waals surface area contributed by atoms with E-state index in [2.05, 4.69) is 15.3 Å². The van der Waals surface area contributed by atoms with Crippen molar-refractivity contribution < 1.29 is 0 Å². The first-order valence-electron chi connectivity index (χ1n) is 6.90. The fraction of sp³-hybridized carbons (Fsp3) is 0. The third-order valence-electron chi connectivity index (χ3n) is 3.40. The Morgan fingerprint density at radius 1 is 0.913 bits per heavy atom. The van der Waals surface area contributed by atoms with Gasteiger partial charge in [-0.15, -0.1) is 10.2 Å². The molecule has 2 heterocycles. The molecule has 0 aliphatic heterocycles. The molecule has 4 rings (SSSR count). The van der Waals surface area contributed by atoms with E-state index in [1.165, 1.54) is 15.9 Å². The van der Waals surface area contributed by atoms with E-state index in [1.807, 2.05) is 42.5 Å². The Hall–Kier alpha value is -3.06. The summed E-state index contributed by atoms with van der Waals surface area (Å²) in [4.78, 5) is 13.1. The van der Waals surface area contributed by atoms with Gasteiger partial charge in [0.2, 0.25) is 4.96 Å². The van der Waals surface area contributed by atoms with Gasteiger partial charge >= 0.3 is 5.56 Å². The number of nitrogens with zero attached hydrogens (tertiary/aromatic N) is 4. The summed E-state index contributed by atoms with van der Waals surface area (Å²) in [6, 6.07) is 16.6. The summed E-state index contributed by atoms with van der Waals surface area (Å²) in [7, 11) is 0. The number of hydrogen-bond acceptors (Lipinski definition) is 6. The van der Waals surface area contributed by atoms with Gasteiger partial charge in [0.15, 0.2) is 5.69 Å². The van der Waals surface area contributed by atoms with Gasteiger partial charge in [0, 0.05) is 16.8 Å². The lowest BCUT2D eigenvalue weighted by Crippen LogP contribution is -2.19. The first-order chi connectivity index (χ1) is 11.2. The molecule has 6 nitrogen and oxygen atoms in total. The van der Waals surface area contributed by atoms with Crippen LogP contribution >= 0.6 is 11.3 Å². The van der Waals surface area contributed by atoms with Crippen LogP contribution < -0.4 is 11.3 Å². The van der Waals surface area contributed by atoms with Crippen molar-refractivity contribution in [3.63, 3.8) is 0 Å². The molecule has 23 heavy (non-hydrogen) atoms. The van der Waals surface area contributed by atoms with E-state index >= 15 is 0 Å². The Kier molecular flexibility index (Phi) is 3.13. The fourth-order valence-corrected chi connectivity index (χ4v) is 3.08. The summed E-state index contributed by atoms with van der Waals surface area (Å²) in [5.74, 6) is 0. The van der Waals surface area contributed by atoms with Crippen LogP contribution in [0, 0.1) is 0 Å². The highest BCUT2D eigenvalue weighted by Crippen LogP contribution is 2.25. The zero-order valence-corrected chi connectivity index (χ0v) is 12.7. The second kappa shape index (κ2) is 5.29. The van der Waals surface area contributed by atoms with Gasteiger partial charge in [0.05, 0.1) is 0 Å². The van der Waals surface area contributed by atoms with Gasteiger partial charge in [-0.05, 0) is 24.3 Å². The van der Waals surface area contributed by atoms with Crippen LogP contribution in [0.1, 0.15) is 0 Å².